The van der Waals surface area contributed by atoms with E-state index in [9.17, 15) is 5.11 Å². The molecule has 2 aromatic rings. The summed E-state index contributed by atoms with van der Waals surface area (Å²) in [7, 11) is 0. The van der Waals surface area contributed by atoms with Crippen LogP contribution in [0.25, 0.3) is 11.3 Å². The number of aliphatic hydroxyl groups is 1. The maximum Gasteiger partial charge on any atom is 0.0703 e. The molecule has 0 unspecified atom stereocenters. The minimum absolute atomic E-state index is 0.132. The standard InChI is InChI=1S/C28H33ClN2O/c1-27-14-11-21(32)17-18(27)3-8-22-23-9-10-25(28(23,2)15-12-24(22)27)26-13-16-30-31(26)20-6-4-19(29)5-7-20/h3-7,10,13,16,21-24,32H,8-9,11-12,14-15,17H2,1-2H3/t21-,22-,23-,24-,27-,28-/m0/s1. The van der Waals surface area contributed by atoms with Crippen LogP contribution in [-0.2, 0) is 0 Å². The van der Waals surface area contributed by atoms with Crippen LogP contribution in [0.1, 0.15) is 64.5 Å². The molecule has 4 aliphatic carbocycles. The predicted molar refractivity (Wildman–Crippen MR) is 130 cm³/mol. The van der Waals surface area contributed by atoms with Gasteiger partial charge in [-0.25, -0.2) is 4.68 Å². The van der Waals surface area contributed by atoms with Crippen LogP contribution >= 0.6 is 11.6 Å². The summed E-state index contributed by atoms with van der Waals surface area (Å²) in [5.41, 5.74) is 5.81. The molecule has 1 N–H and O–H groups in total. The monoisotopic (exact) mass is 448 g/mol. The normalized spacial score (nSPS) is 38.4. The van der Waals surface area contributed by atoms with Crippen molar-refractivity contribution in [3.05, 3.63) is 65.0 Å². The lowest BCUT2D eigenvalue weighted by Gasteiger charge is -2.57. The Hall–Kier alpha value is -1.84. The van der Waals surface area contributed by atoms with Gasteiger partial charge in [-0.3, -0.25) is 0 Å². The Labute approximate surface area is 196 Å². The fourth-order valence-electron chi connectivity index (χ4n) is 7.90. The maximum atomic E-state index is 10.3. The highest BCUT2D eigenvalue weighted by atomic mass is 35.5. The third-order valence-corrected chi connectivity index (χ3v) is 9.90. The van der Waals surface area contributed by atoms with Crippen molar-refractivity contribution in [2.75, 3.05) is 0 Å². The van der Waals surface area contributed by atoms with E-state index in [0.29, 0.717) is 5.92 Å². The zero-order chi connectivity index (χ0) is 22.1. The van der Waals surface area contributed by atoms with Gasteiger partial charge in [-0.05, 0) is 109 Å². The second-order valence-corrected chi connectivity index (χ2v) is 11.5. The van der Waals surface area contributed by atoms with Crippen LogP contribution in [0.2, 0.25) is 5.02 Å². The number of hydrogen-bond acceptors (Lipinski definition) is 2. The number of benzene rings is 1. The minimum Gasteiger partial charge on any atom is -0.393 e. The Morgan fingerprint density at radius 2 is 1.75 bits per heavy atom. The smallest absolute Gasteiger partial charge is 0.0703 e. The van der Waals surface area contributed by atoms with Crippen molar-refractivity contribution < 1.29 is 5.11 Å². The molecular weight excluding hydrogens is 416 g/mol. The van der Waals surface area contributed by atoms with Crippen molar-refractivity contribution in [2.24, 2.45) is 28.6 Å². The number of fused-ring (bicyclic) bond motifs is 5. The highest BCUT2D eigenvalue weighted by Crippen LogP contribution is 2.66. The summed E-state index contributed by atoms with van der Waals surface area (Å²) in [6, 6.07) is 10.2. The highest BCUT2D eigenvalue weighted by Gasteiger charge is 2.57. The number of aromatic nitrogens is 2. The van der Waals surface area contributed by atoms with Crippen LogP contribution in [0, 0.1) is 28.6 Å². The molecule has 1 aromatic heterocycles. The number of aliphatic hydroxyl groups excluding tert-OH is 1. The molecule has 2 saturated carbocycles. The molecule has 1 aromatic carbocycles. The van der Waals surface area contributed by atoms with Gasteiger partial charge in [0.25, 0.3) is 0 Å². The van der Waals surface area contributed by atoms with E-state index < -0.39 is 0 Å². The molecule has 0 saturated heterocycles. The Morgan fingerprint density at radius 1 is 0.969 bits per heavy atom. The molecular formula is C28H33ClN2O. The molecule has 3 nitrogen and oxygen atoms in total. The van der Waals surface area contributed by atoms with Crippen molar-refractivity contribution in [3.8, 4) is 5.69 Å². The van der Waals surface area contributed by atoms with Gasteiger partial charge in [0.1, 0.15) is 0 Å². The van der Waals surface area contributed by atoms with Gasteiger partial charge in [0.2, 0.25) is 0 Å². The van der Waals surface area contributed by atoms with E-state index in [-0.39, 0.29) is 16.9 Å². The van der Waals surface area contributed by atoms with E-state index in [1.165, 1.54) is 37.0 Å². The van der Waals surface area contributed by atoms with Crippen LogP contribution in [0.15, 0.2) is 54.3 Å². The van der Waals surface area contributed by atoms with Crippen molar-refractivity contribution >= 4 is 17.2 Å². The molecule has 1 heterocycles. The molecule has 168 valence electrons. The fraction of sp³-hybridized carbons (Fsp3) is 0.536. The zero-order valence-corrected chi connectivity index (χ0v) is 19.9. The van der Waals surface area contributed by atoms with E-state index in [1.807, 2.05) is 18.3 Å². The van der Waals surface area contributed by atoms with Crippen LogP contribution < -0.4 is 0 Å². The second-order valence-electron chi connectivity index (χ2n) is 11.1. The first-order valence-electron chi connectivity index (χ1n) is 12.3. The molecule has 6 atom stereocenters. The Kier molecular flexibility index (Phi) is 4.75. The van der Waals surface area contributed by atoms with E-state index >= 15 is 0 Å². The Bertz CT molecular complexity index is 1100. The van der Waals surface area contributed by atoms with Crippen LogP contribution in [0.5, 0.6) is 0 Å². The van der Waals surface area contributed by atoms with Crippen molar-refractivity contribution in [2.45, 2.75) is 64.9 Å². The van der Waals surface area contributed by atoms with E-state index in [2.05, 4.69) is 54.0 Å². The van der Waals surface area contributed by atoms with Crippen LogP contribution in [0.4, 0.5) is 0 Å². The van der Waals surface area contributed by atoms with Gasteiger partial charge in [-0.15, -0.1) is 0 Å². The second kappa shape index (κ2) is 7.33. The summed E-state index contributed by atoms with van der Waals surface area (Å²) < 4.78 is 2.09. The first-order valence-corrected chi connectivity index (χ1v) is 12.7. The highest BCUT2D eigenvalue weighted by molar-refractivity contribution is 6.30. The maximum absolute atomic E-state index is 10.3. The van der Waals surface area contributed by atoms with Gasteiger partial charge in [0, 0.05) is 5.02 Å². The molecule has 32 heavy (non-hydrogen) atoms. The van der Waals surface area contributed by atoms with Gasteiger partial charge in [-0.2, -0.15) is 5.10 Å². The average Bonchev–Trinajstić information content (AvgIpc) is 3.38. The third kappa shape index (κ3) is 2.93. The fourth-order valence-corrected chi connectivity index (χ4v) is 8.03. The van der Waals surface area contributed by atoms with Crippen molar-refractivity contribution in [1.29, 1.82) is 0 Å². The van der Waals surface area contributed by atoms with Gasteiger partial charge in [-0.1, -0.05) is 43.2 Å². The summed E-state index contributed by atoms with van der Waals surface area (Å²) >= 11 is 6.13. The first kappa shape index (κ1) is 20.7. The van der Waals surface area contributed by atoms with Gasteiger partial charge < -0.3 is 5.11 Å². The lowest BCUT2D eigenvalue weighted by Crippen LogP contribution is -2.49. The van der Waals surface area contributed by atoms with Gasteiger partial charge >= 0.3 is 0 Å². The molecule has 0 amide bonds. The van der Waals surface area contributed by atoms with Crippen molar-refractivity contribution in [1.82, 2.24) is 9.78 Å². The Balaban J connectivity index is 1.33. The lowest BCUT2D eigenvalue weighted by atomic mass is 9.47. The number of allylic oxidation sites excluding steroid dienone is 3. The summed E-state index contributed by atoms with van der Waals surface area (Å²) in [5, 5.41) is 15.7. The summed E-state index contributed by atoms with van der Waals surface area (Å²) in [4.78, 5) is 0. The molecule has 0 spiro atoms. The van der Waals surface area contributed by atoms with E-state index in [4.69, 9.17) is 11.6 Å². The molecule has 0 aliphatic heterocycles. The van der Waals surface area contributed by atoms with Gasteiger partial charge in [0.15, 0.2) is 0 Å². The summed E-state index contributed by atoms with van der Waals surface area (Å²) in [6.07, 6.45) is 14.7. The quantitative estimate of drug-likeness (QED) is 0.510. The number of hydrogen-bond donors (Lipinski definition) is 1. The molecule has 0 radical (unpaired) electrons. The molecule has 2 fully saturated rings. The average molecular weight is 449 g/mol. The van der Waals surface area contributed by atoms with Crippen molar-refractivity contribution in [3.63, 3.8) is 0 Å². The number of rotatable bonds is 2. The van der Waals surface area contributed by atoms with E-state index in [0.717, 1.165) is 41.8 Å². The van der Waals surface area contributed by atoms with Gasteiger partial charge in [0.05, 0.1) is 23.7 Å². The molecule has 4 aliphatic rings. The topological polar surface area (TPSA) is 38.1 Å². The third-order valence-electron chi connectivity index (χ3n) is 9.65. The number of halogens is 1. The molecule has 6 rings (SSSR count). The van der Waals surface area contributed by atoms with E-state index in [1.54, 1.807) is 5.57 Å². The Morgan fingerprint density at radius 3 is 2.56 bits per heavy atom. The SMILES string of the molecule is C[C@]12CC[C@H](O)CC1=CC[C@@H]1[C@@H]2CC[C@]2(C)C(c3ccnn3-c3ccc(Cl)cc3)=CC[C@@H]12. The summed E-state index contributed by atoms with van der Waals surface area (Å²) in [5.74, 6) is 2.17. The molecule has 4 heteroatoms. The molecule has 0 bridgehead atoms. The van der Waals surface area contributed by atoms with Crippen LogP contribution in [0.3, 0.4) is 0 Å². The lowest BCUT2D eigenvalue weighted by molar-refractivity contribution is -0.0239. The van der Waals surface area contributed by atoms with Crippen LogP contribution in [-0.4, -0.2) is 21.0 Å². The zero-order valence-electron chi connectivity index (χ0n) is 19.1. The minimum atomic E-state index is -0.132. The predicted octanol–water partition coefficient (Wildman–Crippen LogP) is 6.84. The first-order chi connectivity index (χ1) is 15.4. The largest absolute Gasteiger partial charge is 0.393 e. The number of nitrogens with zero attached hydrogens (tertiary/aromatic N) is 2. The summed E-state index contributed by atoms with van der Waals surface area (Å²) in [6.45, 7) is 5.02.